The number of hydrogen-bond acceptors (Lipinski definition) is 2. The molecule has 5 heteroatoms. The molecular weight excluding hydrogens is 208 g/mol. The molecule has 0 bridgehead atoms. The maximum absolute atomic E-state index is 12.3. The smallest absolute Gasteiger partial charge is 0.304 e. The summed E-state index contributed by atoms with van der Waals surface area (Å²) >= 11 is 2.89. The third-order valence-corrected chi connectivity index (χ3v) is 1.29. The largest absolute Gasteiger partial charge is 0.354 e. The summed E-state index contributed by atoms with van der Waals surface area (Å²) in [6, 6.07) is 1.14. The summed E-state index contributed by atoms with van der Waals surface area (Å²) in [5.74, 6) is -3.38. The molecule has 0 aromatic carbocycles. The second kappa shape index (κ2) is 2.30. The van der Waals surface area contributed by atoms with Gasteiger partial charge >= 0.3 is 5.92 Å². The van der Waals surface area contributed by atoms with Gasteiger partial charge in [0.25, 0.3) is 0 Å². The number of halogens is 3. The van der Waals surface area contributed by atoms with Crippen LogP contribution in [0, 0.1) is 0 Å². The van der Waals surface area contributed by atoms with Crippen LogP contribution in [0.15, 0.2) is 15.2 Å². The van der Waals surface area contributed by atoms with Crippen molar-refractivity contribution >= 4 is 15.9 Å². The number of aromatic nitrogens is 1. The van der Waals surface area contributed by atoms with E-state index in [-0.39, 0.29) is 4.60 Å². The second-order valence-electron chi connectivity index (χ2n) is 1.90. The summed E-state index contributed by atoms with van der Waals surface area (Å²) in [4.78, 5) is 0. The summed E-state index contributed by atoms with van der Waals surface area (Å²) in [5, 5.41) is 3.24. The standard InChI is InChI=1S/C5H4BrF2NO/c1-5(7,8)3-2-4(6)9-10-3/h2H,1H3. The summed E-state index contributed by atoms with van der Waals surface area (Å²) in [7, 11) is 0. The van der Waals surface area contributed by atoms with E-state index in [1.165, 1.54) is 0 Å². The highest BCUT2D eigenvalue weighted by molar-refractivity contribution is 9.10. The third-order valence-electron chi connectivity index (χ3n) is 0.914. The minimum atomic E-state index is -2.95. The Hall–Kier alpha value is -0.450. The second-order valence-corrected chi connectivity index (χ2v) is 2.71. The van der Waals surface area contributed by atoms with Crippen molar-refractivity contribution in [1.29, 1.82) is 0 Å². The molecule has 56 valence electrons. The Balaban J connectivity index is 2.96. The Morgan fingerprint density at radius 3 is 2.50 bits per heavy atom. The van der Waals surface area contributed by atoms with Crippen molar-refractivity contribution in [2.45, 2.75) is 12.8 Å². The van der Waals surface area contributed by atoms with Crippen LogP contribution in [0.25, 0.3) is 0 Å². The first-order valence-corrected chi connectivity index (χ1v) is 3.30. The predicted molar refractivity (Wildman–Crippen MR) is 33.8 cm³/mol. The molecule has 0 radical (unpaired) electrons. The van der Waals surface area contributed by atoms with Gasteiger partial charge in [0.15, 0.2) is 0 Å². The van der Waals surface area contributed by atoms with Crippen molar-refractivity contribution < 1.29 is 13.3 Å². The fraction of sp³-hybridized carbons (Fsp3) is 0.400. The average molecular weight is 212 g/mol. The van der Waals surface area contributed by atoms with E-state index in [1.54, 1.807) is 0 Å². The zero-order valence-corrected chi connectivity index (χ0v) is 6.65. The Morgan fingerprint density at radius 2 is 2.30 bits per heavy atom. The molecule has 0 saturated carbocycles. The van der Waals surface area contributed by atoms with Gasteiger partial charge in [0.05, 0.1) is 0 Å². The van der Waals surface area contributed by atoms with Gasteiger partial charge in [-0.05, 0) is 15.9 Å². The van der Waals surface area contributed by atoms with Gasteiger partial charge in [-0.1, -0.05) is 5.16 Å². The van der Waals surface area contributed by atoms with Crippen LogP contribution in [0.5, 0.6) is 0 Å². The molecule has 0 N–H and O–H groups in total. The van der Waals surface area contributed by atoms with Crippen LogP contribution in [0.1, 0.15) is 12.7 Å². The summed E-state index contributed by atoms with van der Waals surface area (Å²) in [6.45, 7) is 0.750. The van der Waals surface area contributed by atoms with Crippen LogP contribution in [0.4, 0.5) is 8.78 Å². The van der Waals surface area contributed by atoms with E-state index in [4.69, 9.17) is 0 Å². The molecule has 0 aliphatic rings. The van der Waals surface area contributed by atoms with Crippen LogP contribution >= 0.6 is 15.9 Å². The molecule has 10 heavy (non-hydrogen) atoms. The van der Waals surface area contributed by atoms with E-state index in [1.807, 2.05) is 0 Å². The molecule has 1 heterocycles. The quantitative estimate of drug-likeness (QED) is 0.714. The zero-order chi connectivity index (χ0) is 7.78. The summed E-state index contributed by atoms with van der Waals surface area (Å²) in [5.41, 5.74) is 0. The topological polar surface area (TPSA) is 26.0 Å². The molecule has 0 aliphatic carbocycles. The molecule has 1 rings (SSSR count). The lowest BCUT2D eigenvalue weighted by Crippen LogP contribution is -2.04. The van der Waals surface area contributed by atoms with Gasteiger partial charge < -0.3 is 4.52 Å². The van der Waals surface area contributed by atoms with Crippen molar-refractivity contribution in [3.8, 4) is 0 Å². The maximum Gasteiger partial charge on any atom is 0.304 e. The Labute approximate surface area is 64.3 Å². The molecule has 1 aromatic rings. The number of rotatable bonds is 1. The van der Waals surface area contributed by atoms with E-state index in [9.17, 15) is 8.78 Å². The maximum atomic E-state index is 12.3. The van der Waals surface area contributed by atoms with Crippen molar-refractivity contribution in [2.24, 2.45) is 0 Å². The molecule has 0 saturated heterocycles. The highest BCUT2D eigenvalue weighted by Gasteiger charge is 2.29. The van der Waals surface area contributed by atoms with Crippen LogP contribution in [0.3, 0.4) is 0 Å². The fourth-order valence-electron chi connectivity index (χ4n) is 0.461. The summed E-state index contributed by atoms with van der Waals surface area (Å²) < 4.78 is 29.2. The van der Waals surface area contributed by atoms with E-state index in [0.29, 0.717) is 0 Å². The predicted octanol–water partition coefficient (Wildman–Crippen LogP) is 2.55. The molecular formula is C5H4BrF2NO. The first-order chi connectivity index (χ1) is 4.50. The lowest BCUT2D eigenvalue weighted by Gasteiger charge is -2.02. The van der Waals surface area contributed by atoms with Gasteiger partial charge in [0, 0.05) is 13.0 Å². The molecule has 0 aliphatic heterocycles. The van der Waals surface area contributed by atoms with Crippen molar-refractivity contribution in [1.82, 2.24) is 5.16 Å². The lowest BCUT2D eigenvalue weighted by atomic mass is 10.3. The van der Waals surface area contributed by atoms with Gasteiger partial charge in [-0.25, -0.2) is 0 Å². The van der Waals surface area contributed by atoms with Crippen molar-refractivity contribution in [3.05, 3.63) is 16.4 Å². The molecule has 0 amide bonds. The van der Waals surface area contributed by atoms with Gasteiger partial charge in [-0.2, -0.15) is 8.78 Å². The molecule has 1 aromatic heterocycles. The minimum Gasteiger partial charge on any atom is -0.354 e. The first kappa shape index (κ1) is 7.65. The Morgan fingerprint density at radius 1 is 1.70 bits per heavy atom. The molecule has 0 atom stereocenters. The van der Waals surface area contributed by atoms with E-state index in [0.717, 1.165) is 13.0 Å². The minimum absolute atomic E-state index is 0.282. The van der Waals surface area contributed by atoms with E-state index >= 15 is 0 Å². The SMILES string of the molecule is CC(F)(F)c1cc(Br)no1. The molecule has 0 spiro atoms. The van der Waals surface area contributed by atoms with E-state index in [2.05, 4.69) is 25.6 Å². The van der Waals surface area contributed by atoms with Crippen LogP contribution in [-0.4, -0.2) is 5.16 Å². The van der Waals surface area contributed by atoms with Crippen molar-refractivity contribution in [3.63, 3.8) is 0 Å². The van der Waals surface area contributed by atoms with Crippen LogP contribution < -0.4 is 0 Å². The highest BCUT2D eigenvalue weighted by Crippen LogP contribution is 2.28. The van der Waals surface area contributed by atoms with Crippen molar-refractivity contribution in [2.75, 3.05) is 0 Å². The molecule has 2 nitrogen and oxygen atoms in total. The fourth-order valence-corrected chi connectivity index (χ4v) is 0.741. The van der Waals surface area contributed by atoms with Gasteiger partial charge in [0.2, 0.25) is 5.76 Å². The number of nitrogens with zero attached hydrogens (tertiary/aromatic N) is 1. The van der Waals surface area contributed by atoms with Gasteiger partial charge in [-0.15, -0.1) is 0 Å². The summed E-state index contributed by atoms with van der Waals surface area (Å²) in [6.07, 6.45) is 0. The van der Waals surface area contributed by atoms with Gasteiger partial charge in [0.1, 0.15) is 4.60 Å². The monoisotopic (exact) mass is 211 g/mol. The highest BCUT2D eigenvalue weighted by atomic mass is 79.9. The first-order valence-electron chi connectivity index (χ1n) is 2.50. The Kier molecular flexibility index (Phi) is 1.76. The van der Waals surface area contributed by atoms with E-state index < -0.39 is 11.7 Å². The molecule has 0 unspecified atom stereocenters. The van der Waals surface area contributed by atoms with Crippen LogP contribution in [-0.2, 0) is 5.92 Å². The molecule has 0 fully saturated rings. The zero-order valence-electron chi connectivity index (χ0n) is 5.07. The number of hydrogen-bond donors (Lipinski definition) is 0. The number of alkyl halides is 2. The third kappa shape index (κ3) is 1.53. The normalized spacial score (nSPS) is 12.0. The Bertz CT molecular complexity index is 230. The average Bonchev–Trinajstić information content (AvgIpc) is 2.11. The lowest BCUT2D eigenvalue weighted by molar-refractivity contribution is -0.0105. The van der Waals surface area contributed by atoms with Crippen LogP contribution in [0.2, 0.25) is 0 Å². The van der Waals surface area contributed by atoms with Gasteiger partial charge in [-0.3, -0.25) is 0 Å².